The molecule has 0 aliphatic rings. The summed E-state index contributed by atoms with van der Waals surface area (Å²) in [6.45, 7) is 4.12. The SMILES string of the molecule is CC(C)C(C=O)Cc1c(Br)cnn1C. The fourth-order valence-electron chi connectivity index (χ4n) is 1.33. The van der Waals surface area contributed by atoms with E-state index in [1.807, 2.05) is 11.7 Å². The Balaban J connectivity index is 2.81. The molecule has 0 aliphatic carbocycles. The molecular weight excluding hydrogens is 244 g/mol. The van der Waals surface area contributed by atoms with E-state index in [9.17, 15) is 4.79 Å². The summed E-state index contributed by atoms with van der Waals surface area (Å²) in [5.74, 6) is 0.441. The van der Waals surface area contributed by atoms with E-state index in [4.69, 9.17) is 0 Å². The van der Waals surface area contributed by atoms with Crippen molar-refractivity contribution < 1.29 is 4.79 Å². The van der Waals surface area contributed by atoms with E-state index < -0.39 is 0 Å². The lowest BCUT2D eigenvalue weighted by Gasteiger charge is -2.14. The monoisotopic (exact) mass is 258 g/mol. The first-order chi connectivity index (χ1) is 6.56. The van der Waals surface area contributed by atoms with Crippen molar-refractivity contribution in [3.8, 4) is 0 Å². The van der Waals surface area contributed by atoms with Gasteiger partial charge in [-0.1, -0.05) is 13.8 Å². The fraction of sp³-hybridized carbons (Fsp3) is 0.600. The first-order valence-electron chi connectivity index (χ1n) is 4.68. The summed E-state index contributed by atoms with van der Waals surface area (Å²) in [7, 11) is 1.89. The molecule has 1 aromatic rings. The molecule has 0 saturated carbocycles. The zero-order valence-electron chi connectivity index (χ0n) is 8.70. The highest BCUT2D eigenvalue weighted by Crippen LogP contribution is 2.21. The molecule has 1 rings (SSSR count). The molecule has 0 aromatic carbocycles. The van der Waals surface area contributed by atoms with E-state index in [0.29, 0.717) is 5.92 Å². The maximum atomic E-state index is 10.9. The number of hydrogen-bond acceptors (Lipinski definition) is 2. The highest BCUT2D eigenvalue weighted by molar-refractivity contribution is 9.10. The molecule has 1 aromatic heterocycles. The van der Waals surface area contributed by atoms with Crippen LogP contribution in [0, 0.1) is 11.8 Å². The lowest BCUT2D eigenvalue weighted by Crippen LogP contribution is -2.15. The number of hydrogen-bond donors (Lipinski definition) is 0. The number of carbonyl (C=O) groups is 1. The fourth-order valence-corrected chi connectivity index (χ4v) is 1.84. The Morgan fingerprint density at radius 1 is 1.64 bits per heavy atom. The highest BCUT2D eigenvalue weighted by atomic mass is 79.9. The smallest absolute Gasteiger partial charge is 0.123 e. The van der Waals surface area contributed by atoms with Crippen LogP contribution in [0.4, 0.5) is 0 Å². The van der Waals surface area contributed by atoms with Gasteiger partial charge in [0.05, 0.1) is 16.4 Å². The maximum Gasteiger partial charge on any atom is 0.123 e. The van der Waals surface area contributed by atoms with Gasteiger partial charge in [0.25, 0.3) is 0 Å². The van der Waals surface area contributed by atoms with Gasteiger partial charge in [0.15, 0.2) is 0 Å². The molecule has 0 aliphatic heterocycles. The molecule has 78 valence electrons. The Morgan fingerprint density at radius 2 is 2.29 bits per heavy atom. The Labute approximate surface area is 92.6 Å². The van der Waals surface area contributed by atoms with Crippen LogP contribution in [0.15, 0.2) is 10.7 Å². The lowest BCUT2D eigenvalue weighted by molar-refractivity contribution is -0.112. The largest absolute Gasteiger partial charge is 0.303 e. The number of aromatic nitrogens is 2. The molecule has 1 atom stereocenters. The van der Waals surface area contributed by atoms with Crippen molar-refractivity contribution in [3.05, 3.63) is 16.4 Å². The molecule has 0 saturated heterocycles. The molecule has 3 nitrogen and oxygen atoms in total. The van der Waals surface area contributed by atoms with Crippen LogP contribution >= 0.6 is 15.9 Å². The summed E-state index contributed by atoms with van der Waals surface area (Å²) < 4.78 is 2.79. The van der Waals surface area contributed by atoms with Gasteiger partial charge in [0, 0.05) is 19.4 Å². The summed E-state index contributed by atoms with van der Waals surface area (Å²) in [5, 5.41) is 4.12. The summed E-state index contributed by atoms with van der Waals surface area (Å²) in [4.78, 5) is 10.9. The third kappa shape index (κ3) is 2.44. The van der Waals surface area contributed by atoms with E-state index >= 15 is 0 Å². The van der Waals surface area contributed by atoms with Crippen molar-refractivity contribution in [1.29, 1.82) is 0 Å². The summed E-state index contributed by atoms with van der Waals surface area (Å²) >= 11 is 3.42. The van der Waals surface area contributed by atoms with Crippen molar-refractivity contribution in [2.75, 3.05) is 0 Å². The van der Waals surface area contributed by atoms with Gasteiger partial charge in [0.2, 0.25) is 0 Å². The van der Waals surface area contributed by atoms with Crippen LogP contribution in [0.25, 0.3) is 0 Å². The van der Waals surface area contributed by atoms with Crippen LogP contribution < -0.4 is 0 Å². The quantitative estimate of drug-likeness (QED) is 0.777. The van der Waals surface area contributed by atoms with E-state index in [2.05, 4.69) is 34.9 Å². The molecule has 0 radical (unpaired) electrons. The van der Waals surface area contributed by atoms with Gasteiger partial charge >= 0.3 is 0 Å². The van der Waals surface area contributed by atoms with Gasteiger partial charge in [-0.3, -0.25) is 4.68 Å². The van der Waals surface area contributed by atoms with E-state index in [-0.39, 0.29) is 5.92 Å². The first-order valence-corrected chi connectivity index (χ1v) is 5.47. The molecule has 0 bridgehead atoms. The van der Waals surface area contributed by atoms with Crippen molar-refractivity contribution in [2.45, 2.75) is 20.3 Å². The average molecular weight is 259 g/mol. The van der Waals surface area contributed by atoms with Gasteiger partial charge in [-0.15, -0.1) is 0 Å². The van der Waals surface area contributed by atoms with Crippen molar-refractivity contribution >= 4 is 22.2 Å². The standard InChI is InChI=1S/C10H15BrN2O/c1-7(2)8(6-14)4-10-9(11)5-12-13(10)3/h5-8H,4H2,1-3H3. The second-order valence-electron chi connectivity index (χ2n) is 3.81. The predicted octanol–water partition coefficient (Wildman–Crippen LogP) is 2.20. The highest BCUT2D eigenvalue weighted by Gasteiger charge is 2.16. The number of carbonyl (C=O) groups excluding carboxylic acids is 1. The summed E-state index contributed by atoms with van der Waals surface area (Å²) in [6, 6.07) is 0. The number of rotatable bonds is 4. The molecule has 0 N–H and O–H groups in total. The van der Waals surface area contributed by atoms with Crippen LogP contribution in [0.3, 0.4) is 0 Å². The topological polar surface area (TPSA) is 34.9 Å². The van der Waals surface area contributed by atoms with E-state index in [1.165, 1.54) is 0 Å². The number of halogens is 1. The predicted molar refractivity (Wildman–Crippen MR) is 59.0 cm³/mol. The lowest BCUT2D eigenvalue weighted by atomic mass is 9.93. The van der Waals surface area contributed by atoms with Gasteiger partial charge < -0.3 is 4.79 Å². The van der Waals surface area contributed by atoms with Gasteiger partial charge in [-0.05, 0) is 21.8 Å². The van der Waals surface area contributed by atoms with Crippen LogP contribution in [0.5, 0.6) is 0 Å². The van der Waals surface area contributed by atoms with Crippen LogP contribution in [0.2, 0.25) is 0 Å². The zero-order valence-corrected chi connectivity index (χ0v) is 10.3. The third-order valence-corrected chi connectivity index (χ3v) is 3.13. The minimum absolute atomic E-state index is 0.0710. The Kier molecular flexibility index (Phi) is 3.86. The Morgan fingerprint density at radius 3 is 2.64 bits per heavy atom. The molecule has 1 heterocycles. The zero-order chi connectivity index (χ0) is 10.7. The number of nitrogens with zero attached hydrogens (tertiary/aromatic N) is 2. The molecular formula is C10H15BrN2O. The van der Waals surface area contributed by atoms with Crippen molar-refractivity contribution in [1.82, 2.24) is 9.78 Å². The molecule has 14 heavy (non-hydrogen) atoms. The molecule has 0 spiro atoms. The molecule has 0 fully saturated rings. The maximum absolute atomic E-state index is 10.9. The van der Waals surface area contributed by atoms with Crippen molar-refractivity contribution in [2.24, 2.45) is 18.9 Å². The summed E-state index contributed by atoms with van der Waals surface area (Å²) in [6.07, 6.45) is 3.54. The van der Waals surface area contributed by atoms with Gasteiger partial charge in [-0.2, -0.15) is 5.10 Å². The second kappa shape index (κ2) is 4.73. The first kappa shape index (κ1) is 11.4. The average Bonchev–Trinajstić information content (AvgIpc) is 2.43. The van der Waals surface area contributed by atoms with Gasteiger partial charge in [0.1, 0.15) is 6.29 Å². The Hall–Kier alpha value is -0.640. The minimum Gasteiger partial charge on any atom is -0.303 e. The van der Waals surface area contributed by atoms with Crippen molar-refractivity contribution in [3.63, 3.8) is 0 Å². The second-order valence-corrected chi connectivity index (χ2v) is 4.67. The van der Waals surface area contributed by atoms with Crippen LogP contribution in [0.1, 0.15) is 19.5 Å². The van der Waals surface area contributed by atoms with Crippen LogP contribution in [-0.4, -0.2) is 16.1 Å². The molecule has 4 heteroatoms. The summed E-state index contributed by atoms with van der Waals surface area (Å²) in [5.41, 5.74) is 1.08. The Bertz CT molecular complexity index is 300. The number of aryl methyl sites for hydroxylation is 1. The number of aldehydes is 1. The van der Waals surface area contributed by atoms with Crippen LogP contribution in [-0.2, 0) is 18.3 Å². The van der Waals surface area contributed by atoms with E-state index in [0.717, 1.165) is 22.9 Å². The normalized spacial score (nSPS) is 13.2. The van der Waals surface area contributed by atoms with Gasteiger partial charge in [-0.25, -0.2) is 0 Å². The van der Waals surface area contributed by atoms with E-state index in [1.54, 1.807) is 6.20 Å². The minimum atomic E-state index is 0.0710. The third-order valence-electron chi connectivity index (χ3n) is 2.47. The molecule has 1 unspecified atom stereocenters. The molecule has 0 amide bonds.